The summed E-state index contributed by atoms with van der Waals surface area (Å²) in [4.78, 5) is 14.7. The van der Waals surface area contributed by atoms with E-state index in [2.05, 4.69) is 17.3 Å². The lowest BCUT2D eigenvalue weighted by Gasteiger charge is -2.32. The van der Waals surface area contributed by atoms with Crippen molar-refractivity contribution >= 4 is 11.6 Å². The van der Waals surface area contributed by atoms with Crippen molar-refractivity contribution in [3.63, 3.8) is 0 Å². The zero-order valence-corrected chi connectivity index (χ0v) is 12.9. The average molecular weight is 291 g/mol. The van der Waals surface area contributed by atoms with Crippen LogP contribution in [0.5, 0.6) is 5.75 Å². The Morgan fingerprint density at radius 3 is 3.00 bits per heavy atom. The molecular formula is C16H25N3O2. The smallest absolute Gasteiger partial charge is 0.257 e. The largest absolute Gasteiger partial charge is 0.493 e. The number of rotatable bonds is 5. The molecule has 1 heterocycles. The SMILES string of the molecule is CCOc1cccc(N)c1C(=O)NCC1CCCCN1C. The lowest BCUT2D eigenvalue weighted by Crippen LogP contribution is -2.44. The topological polar surface area (TPSA) is 67.6 Å². The van der Waals surface area contributed by atoms with Gasteiger partial charge in [-0.1, -0.05) is 12.5 Å². The van der Waals surface area contributed by atoms with Crippen LogP contribution in [0.1, 0.15) is 36.5 Å². The summed E-state index contributed by atoms with van der Waals surface area (Å²) in [6.45, 7) is 4.14. The summed E-state index contributed by atoms with van der Waals surface area (Å²) < 4.78 is 5.50. The van der Waals surface area contributed by atoms with Crippen LogP contribution < -0.4 is 15.8 Å². The maximum Gasteiger partial charge on any atom is 0.257 e. The number of nitrogens with one attached hydrogen (secondary N) is 1. The van der Waals surface area contributed by atoms with E-state index < -0.39 is 0 Å². The fourth-order valence-electron chi connectivity index (χ4n) is 2.77. The second-order valence-corrected chi connectivity index (χ2v) is 5.49. The van der Waals surface area contributed by atoms with Crippen LogP contribution in [0.25, 0.3) is 0 Å². The number of carbonyl (C=O) groups is 1. The number of amides is 1. The Labute approximate surface area is 126 Å². The van der Waals surface area contributed by atoms with Crippen molar-refractivity contribution in [3.8, 4) is 5.75 Å². The molecular weight excluding hydrogens is 266 g/mol. The molecule has 116 valence electrons. The van der Waals surface area contributed by atoms with Crippen molar-refractivity contribution in [2.45, 2.75) is 32.2 Å². The molecule has 1 fully saturated rings. The number of piperidine rings is 1. The van der Waals surface area contributed by atoms with Crippen molar-refractivity contribution in [1.29, 1.82) is 0 Å². The first kappa shape index (κ1) is 15.6. The minimum absolute atomic E-state index is 0.157. The van der Waals surface area contributed by atoms with Crippen LogP contribution in [0, 0.1) is 0 Å². The van der Waals surface area contributed by atoms with Crippen molar-refractivity contribution in [3.05, 3.63) is 23.8 Å². The zero-order chi connectivity index (χ0) is 15.2. The molecule has 1 atom stereocenters. The van der Waals surface area contributed by atoms with Gasteiger partial charge in [0.1, 0.15) is 11.3 Å². The number of likely N-dealkylation sites (tertiary alicyclic amines) is 1. The Bertz CT molecular complexity index is 490. The van der Waals surface area contributed by atoms with Crippen molar-refractivity contribution in [2.24, 2.45) is 0 Å². The highest BCUT2D eigenvalue weighted by atomic mass is 16.5. The monoisotopic (exact) mass is 291 g/mol. The number of benzene rings is 1. The quantitative estimate of drug-likeness (QED) is 0.813. The summed E-state index contributed by atoms with van der Waals surface area (Å²) in [6, 6.07) is 5.71. The van der Waals surface area contributed by atoms with Gasteiger partial charge < -0.3 is 20.7 Å². The summed E-state index contributed by atoms with van der Waals surface area (Å²) in [5.74, 6) is 0.391. The first-order valence-electron chi connectivity index (χ1n) is 7.63. The molecule has 5 nitrogen and oxygen atoms in total. The van der Waals surface area contributed by atoms with E-state index >= 15 is 0 Å². The molecule has 3 N–H and O–H groups in total. The fourth-order valence-corrected chi connectivity index (χ4v) is 2.77. The van der Waals surface area contributed by atoms with Gasteiger partial charge in [-0.25, -0.2) is 0 Å². The molecule has 1 amide bonds. The normalized spacial score (nSPS) is 19.2. The number of likely N-dealkylation sites (N-methyl/N-ethyl adjacent to an activating group) is 1. The molecule has 0 radical (unpaired) electrons. The Hall–Kier alpha value is -1.75. The lowest BCUT2D eigenvalue weighted by molar-refractivity contribution is 0.0926. The first-order valence-corrected chi connectivity index (χ1v) is 7.63. The van der Waals surface area contributed by atoms with Crippen LogP contribution >= 0.6 is 0 Å². The van der Waals surface area contributed by atoms with E-state index in [1.54, 1.807) is 18.2 Å². The van der Waals surface area contributed by atoms with Gasteiger partial charge in [0, 0.05) is 18.3 Å². The molecule has 2 rings (SSSR count). The van der Waals surface area contributed by atoms with E-state index in [9.17, 15) is 4.79 Å². The molecule has 0 saturated carbocycles. The summed E-state index contributed by atoms with van der Waals surface area (Å²) in [5.41, 5.74) is 6.83. The van der Waals surface area contributed by atoms with Crippen LogP contribution in [-0.4, -0.2) is 43.6 Å². The lowest BCUT2D eigenvalue weighted by atomic mass is 10.0. The standard InChI is InChI=1S/C16H25N3O2/c1-3-21-14-9-6-8-13(17)15(14)16(20)18-11-12-7-4-5-10-19(12)2/h6,8-9,12H,3-5,7,10-11,17H2,1-2H3,(H,18,20). The molecule has 1 aromatic carbocycles. The maximum absolute atomic E-state index is 12.4. The van der Waals surface area contributed by atoms with Crippen LogP contribution in [0.2, 0.25) is 0 Å². The third-order valence-electron chi connectivity index (χ3n) is 4.01. The van der Waals surface area contributed by atoms with Gasteiger partial charge in [0.15, 0.2) is 0 Å². The van der Waals surface area contributed by atoms with Crippen molar-refractivity contribution in [2.75, 3.05) is 32.5 Å². The van der Waals surface area contributed by atoms with Crippen LogP contribution in [0.15, 0.2) is 18.2 Å². The highest BCUT2D eigenvalue weighted by molar-refractivity contribution is 6.01. The zero-order valence-electron chi connectivity index (χ0n) is 12.9. The van der Waals surface area contributed by atoms with Gasteiger partial charge in [-0.2, -0.15) is 0 Å². The fraction of sp³-hybridized carbons (Fsp3) is 0.562. The summed E-state index contributed by atoms with van der Waals surface area (Å²) in [5, 5.41) is 3.00. The molecule has 0 spiro atoms. The van der Waals surface area contributed by atoms with Crippen LogP contribution in [0.3, 0.4) is 0 Å². The second kappa shape index (κ2) is 7.31. The molecule has 1 aromatic rings. The van der Waals surface area contributed by atoms with Gasteiger partial charge in [-0.15, -0.1) is 0 Å². The Morgan fingerprint density at radius 1 is 1.48 bits per heavy atom. The number of carbonyl (C=O) groups excluding carboxylic acids is 1. The Morgan fingerprint density at radius 2 is 2.29 bits per heavy atom. The highest BCUT2D eigenvalue weighted by Gasteiger charge is 2.21. The number of hydrogen-bond donors (Lipinski definition) is 2. The minimum atomic E-state index is -0.157. The van der Waals surface area contributed by atoms with Crippen LogP contribution in [-0.2, 0) is 0 Å². The molecule has 1 saturated heterocycles. The van der Waals surface area contributed by atoms with E-state index in [1.807, 2.05) is 6.92 Å². The molecule has 1 aliphatic heterocycles. The summed E-state index contributed by atoms with van der Waals surface area (Å²) >= 11 is 0. The Kier molecular flexibility index (Phi) is 5.44. The van der Waals surface area contributed by atoms with Gasteiger partial charge >= 0.3 is 0 Å². The predicted molar refractivity (Wildman–Crippen MR) is 84.6 cm³/mol. The van der Waals surface area contributed by atoms with E-state index in [1.165, 1.54) is 12.8 Å². The third-order valence-corrected chi connectivity index (χ3v) is 4.01. The number of nitrogens with two attached hydrogens (primary N) is 1. The van der Waals surface area contributed by atoms with Crippen molar-refractivity contribution in [1.82, 2.24) is 10.2 Å². The maximum atomic E-state index is 12.4. The van der Waals surface area contributed by atoms with Crippen LogP contribution in [0.4, 0.5) is 5.69 Å². The number of nitrogens with zero attached hydrogens (tertiary/aromatic N) is 1. The van der Waals surface area contributed by atoms with Gasteiger partial charge in [0.05, 0.1) is 6.61 Å². The second-order valence-electron chi connectivity index (χ2n) is 5.49. The van der Waals surface area contributed by atoms with E-state index in [4.69, 9.17) is 10.5 Å². The minimum Gasteiger partial charge on any atom is -0.493 e. The van der Waals surface area contributed by atoms with Gasteiger partial charge in [0.25, 0.3) is 5.91 Å². The summed E-state index contributed by atoms with van der Waals surface area (Å²) in [6.07, 6.45) is 3.59. The number of nitrogen functional groups attached to an aromatic ring is 1. The predicted octanol–water partition coefficient (Wildman–Crippen LogP) is 1.88. The third kappa shape index (κ3) is 3.88. The first-order chi connectivity index (χ1) is 10.1. The average Bonchev–Trinajstić information content (AvgIpc) is 2.47. The van der Waals surface area contributed by atoms with Gasteiger partial charge in [-0.05, 0) is 45.5 Å². The molecule has 0 bridgehead atoms. The molecule has 0 aliphatic carbocycles. The molecule has 5 heteroatoms. The number of anilines is 1. The molecule has 21 heavy (non-hydrogen) atoms. The van der Waals surface area contributed by atoms with E-state index in [-0.39, 0.29) is 5.91 Å². The number of hydrogen-bond acceptors (Lipinski definition) is 4. The van der Waals surface area contributed by atoms with Gasteiger partial charge in [-0.3, -0.25) is 4.79 Å². The number of ether oxygens (including phenoxy) is 1. The molecule has 1 aliphatic rings. The highest BCUT2D eigenvalue weighted by Crippen LogP contribution is 2.24. The summed E-state index contributed by atoms with van der Waals surface area (Å²) in [7, 11) is 2.11. The Balaban J connectivity index is 2.03. The molecule has 0 aromatic heterocycles. The van der Waals surface area contributed by atoms with E-state index in [0.29, 0.717) is 36.2 Å². The van der Waals surface area contributed by atoms with E-state index in [0.717, 1.165) is 13.0 Å². The van der Waals surface area contributed by atoms with Gasteiger partial charge in [0.2, 0.25) is 0 Å². The van der Waals surface area contributed by atoms with Crippen molar-refractivity contribution < 1.29 is 9.53 Å². The molecule has 1 unspecified atom stereocenters.